The Bertz CT molecular complexity index is 459. The number of carbonyl (C=O) groups excluding carboxylic acids is 1. The molecule has 92 valence electrons. The average molecular weight is 250 g/mol. The number of hydrogen-bond donors (Lipinski definition) is 0. The van der Waals surface area contributed by atoms with E-state index in [1.807, 2.05) is 0 Å². The summed E-state index contributed by atoms with van der Waals surface area (Å²) < 4.78 is 58.9. The number of aldehydes is 1. The molecule has 0 amide bonds. The first-order valence-electron chi connectivity index (χ1n) is 4.56. The van der Waals surface area contributed by atoms with Crippen LogP contribution in [-0.4, -0.2) is 18.5 Å². The Hall–Kier alpha value is -1.79. The van der Waals surface area contributed by atoms with Gasteiger partial charge in [0, 0.05) is 6.42 Å². The van der Waals surface area contributed by atoms with Crippen molar-refractivity contribution in [3.8, 4) is 11.5 Å². The van der Waals surface area contributed by atoms with Crippen molar-refractivity contribution in [3.63, 3.8) is 0 Å². The molecule has 1 aromatic carbocycles. The lowest BCUT2D eigenvalue weighted by atomic mass is 10.1. The summed E-state index contributed by atoms with van der Waals surface area (Å²) in [7, 11) is 0. The fourth-order valence-corrected chi connectivity index (χ4v) is 1.33. The molecule has 2 rings (SSSR count). The van der Waals surface area contributed by atoms with Crippen molar-refractivity contribution in [2.75, 3.05) is 0 Å². The van der Waals surface area contributed by atoms with Crippen molar-refractivity contribution in [3.05, 3.63) is 23.8 Å². The molecule has 1 aromatic rings. The Morgan fingerprint density at radius 2 is 1.65 bits per heavy atom. The smallest absolute Gasteiger partial charge is 0.421 e. The van der Waals surface area contributed by atoms with Gasteiger partial charge in [-0.15, -0.1) is 0 Å². The maximum atomic E-state index is 12.8. The molecule has 0 spiro atoms. The van der Waals surface area contributed by atoms with Crippen molar-refractivity contribution < 1.29 is 31.8 Å². The number of benzene rings is 1. The van der Waals surface area contributed by atoms with E-state index >= 15 is 0 Å². The summed E-state index contributed by atoms with van der Waals surface area (Å²) in [6, 6.07) is 3.43. The summed E-state index contributed by atoms with van der Waals surface area (Å²) in [4.78, 5) is 10.2. The van der Waals surface area contributed by atoms with Gasteiger partial charge in [-0.25, -0.2) is 0 Å². The molecule has 1 aliphatic heterocycles. The maximum absolute atomic E-state index is 12.8. The highest BCUT2D eigenvalue weighted by molar-refractivity contribution is 5.57. The van der Waals surface area contributed by atoms with Gasteiger partial charge >= 0.3 is 12.2 Å². The van der Waals surface area contributed by atoms with Crippen molar-refractivity contribution in [1.29, 1.82) is 0 Å². The first-order valence-corrected chi connectivity index (χ1v) is 4.56. The van der Waals surface area contributed by atoms with Gasteiger partial charge in [0.05, 0.1) is 0 Å². The summed E-state index contributed by atoms with van der Waals surface area (Å²) in [5.74, 6) is -1.00. The van der Waals surface area contributed by atoms with E-state index in [1.54, 1.807) is 0 Å². The lowest BCUT2D eigenvalue weighted by molar-refractivity contribution is -0.391. The van der Waals surface area contributed by atoms with E-state index < -0.39 is 23.7 Å². The highest BCUT2D eigenvalue weighted by Crippen LogP contribution is 2.46. The molecule has 3 nitrogen and oxygen atoms in total. The van der Waals surface area contributed by atoms with Crippen LogP contribution in [0.15, 0.2) is 18.2 Å². The van der Waals surface area contributed by atoms with E-state index in [0.29, 0.717) is 11.8 Å². The van der Waals surface area contributed by atoms with Crippen LogP contribution in [0.25, 0.3) is 0 Å². The van der Waals surface area contributed by atoms with Crippen molar-refractivity contribution in [1.82, 2.24) is 0 Å². The minimum Gasteiger partial charge on any atom is -0.421 e. The second kappa shape index (κ2) is 3.61. The molecule has 0 unspecified atom stereocenters. The third-order valence-corrected chi connectivity index (χ3v) is 2.14. The van der Waals surface area contributed by atoms with E-state index in [2.05, 4.69) is 9.47 Å². The Kier molecular flexibility index (Phi) is 2.48. The van der Waals surface area contributed by atoms with Crippen LogP contribution in [0.3, 0.4) is 0 Å². The summed E-state index contributed by atoms with van der Waals surface area (Å²) in [5.41, 5.74) is 0.364. The van der Waals surface area contributed by atoms with Gasteiger partial charge in [0.1, 0.15) is 6.29 Å². The monoisotopic (exact) mass is 250 g/mol. The molecule has 0 saturated heterocycles. The zero-order valence-electron chi connectivity index (χ0n) is 8.25. The van der Waals surface area contributed by atoms with Gasteiger partial charge in [-0.3, -0.25) is 0 Å². The predicted molar refractivity (Wildman–Crippen MR) is 47.4 cm³/mol. The Morgan fingerprint density at radius 3 is 2.24 bits per heavy atom. The van der Waals surface area contributed by atoms with Crippen LogP contribution in [0.1, 0.15) is 5.56 Å². The van der Waals surface area contributed by atoms with Crippen LogP contribution in [0.2, 0.25) is 0 Å². The molecule has 0 atom stereocenters. The largest absolute Gasteiger partial charge is 0.507 e. The van der Waals surface area contributed by atoms with E-state index in [0.717, 1.165) is 12.1 Å². The van der Waals surface area contributed by atoms with E-state index in [-0.39, 0.29) is 6.42 Å². The second-order valence-corrected chi connectivity index (χ2v) is 3.39. The minimum absolute atomic E-state index is 0.0292. The van der Waals surface area contributed by atoms with Crippen molar-refractivity contribution in [2.24, 2.45) is 0 Å². The van der Waals surface area contributed by atoms with Crippen LogP contribution in [0, 0.1) is 0 Å². The Balaban J connectivity index is 2.39. The fourth-order valence-electron chi connectivity index (χ4n) is 1.33. The quantitative estimate of drug-likeness (QED) is 0.597. The van der Waals surface area contributed by atoms with E-state index in [1.165, 1.54) is 6.07 Å². The molecule has 0 aromatic heterocycles. The molecular weight excluding hydrogens is 244 g/mol. The molecule has 1 aliphatic rings. The lowest BCUT2D eigenvalue weighted by Gasteiger charge is -2.31. The Morgan fingerprint density at radius 1 is 1.06 bits per heavy atom. The third-order valence-electron chi connectivity index (χ3n) is 2.14. The average Bonchev–Trinajstić information content (AvgIpc) is 2.20. The van der Waals surface area contributed by atoms with Crippen LogP contribution < -0.4 is 9.47 Å². The molecule has 0 saturated carbocycles. The Labute approximate surface area is 92.9 Å². The number of alkyl halides is 4. The van der Waals surface area contributed by atoms with Gasteiger partial charge in [-0.2, -0.15) is 17.6 Å². The number of ether oxygens (including phenoxy) is 2. The van der Waals surface area contributed by atoms with Gasteiger partial charge in [0.2, 0.25) is 0 Å². The fraction of sp³-hybridized carbons (Fsp3) is 0.300. The molecule has 7 heteroatoms. The van der Waals surface area contributed by atoms with E-state index in [4.69, 9.17) is 0 Å². The first kappa shape index (κ1) is 11.7. The molecule has 1 heterocycles. The SMILES string of the molecule is O=CCc1ccc2c(c1)OC(F)(F)C(F)(F)O2. The molecule has 0 radical (unpaired) electrons. The van der Waals surface area contributed by atoms with Gasteiger partial charge in [-0.05, 0) is 17.7 Å². The van der Waals surface area contributed by atoms with Gasteiger partial charge in [-0.1, -0.05) is 6.07 Å². The topological polar surface area (TPSA) is 35.5 Å². The van der Waals surface area contributed by atoms with Crippen LogP contribution in [-0.2, 0) is 11.2 Å². The summed E-state index contributed by atoms with van der Waals surface area (Å²) >= 11 is 0. The molecule has 0 N–H and O–H groups in total. The minimum atomic E-state index is -4.74. The predicted octanol–water partition coefficient (Wildman–Crippen LogP) is 2.38. The molecule has 0 aliphatic carbocycles. The summed E-state index contributed by atoms with van der Waals surface area (Å²) in [6.07, 6.45) is -8.93. The van der Waals surface area contributed by atoms with Gasteiger partial charge in [0.25, 0.3) is 0 Å². The van der Waals surface area contributed by atoms with Crippen molar-refractivity contribution in [2.45, 2.75) is 18.6 Å². The molecule has 0 bridgehead atoms. The number of rotatable bonds is 2. The normalized spacial score (nSPS) is 19.8. The second-order valence-electron chi connectivity index (χ2n) is 3.39. The number of hydrogen-bond acceptors (Lipinski definition) is 3. The van der Waals surface area contributed by atoms with E-state index in [9.17, 15) is 22.4 Å². The zero-order valence-corrected chi connectivity index (χ0v) is 8.25. The van der Waals surface area contributed by atoms with Crippen LogP contribution in [0.4, 0.5) is 17.6 Å². The summed E-state index contributed by atoms with van der Waals surface area (Å²) in [5, 5.41) is 0. The van der Waals surface area contributed by atoms with Crippen molar-refractivity contribution >= 4 is 6.29 Å². The standard InChI is InChI=1S/C10H6F4O3/c11-9(12)10(13,14)17-8-5-6(3-4-15)1-2-7(8)16-9/h1-2,4-5H,3H2. The highest BCUT2D eigenvalue weighted by Gasteiger charge is 2.65. The highest BCUT2D eigenvalue weighted by atomic mass is 19.3. The zero-order chi connectivity index (χ0) is 12.7. The third kappa shape index (κ3) is 1.92. The van der Waals surface area contributed by atoms with Gasteiger partial charge in [0.15, 0.2) is 11.5 Å². The number of fused-ring (bicyclic) bond motifs is 1. The van der Waals surface area contributed by atoms with Crippen LogP contribution in [0.5, 0.6) is 11.5 Å². The molecule has 0 fully saturated rings. The summed E-state index contributed by atoms with van der Waals surface area (Å²) in [6.45, 7) is 0. The maximum Gasteiger partial charge on any atom is 0.507 e. The van der Waals surface area contributed by atoms with Gasteiger partial charge < -0.3 is 14.3 Å². The number of halogens is 4. The number of carbonyl (C=O) groups is 1. The molecular formula is C10H6F4O3. The molecule has 17 heavy (non-hydrogen) atoms. The lowest BCUT2D eigenvalue weighted by Crippen LogP contribution is -2.52. The van der Waals surface area contributed by atoms with Crippen LogP contribution >= 0.6 is 0 Å². The first-order chi connectivity index (χ1) is 7.86.